The Labute approximate surface area is 211 Å². The molecular formula is C29H33NO4S. The summed E-state index contributed by atoms with van der Waals surface area (Å²) in [5.41, 5.74) is 8.59. The standard InChI is InChI=1S/C29H33NO4S/c1-17-12-14-20(15-13-17)23-18(2)24-22-11-9-8-10-21(22)16-30(35(7)33)26(24)19(3)25(23)27(28(31)32)34-29(4,5)6/h8-15,27H,16H2,1-7H3,(H,31,32)/t27-,35?/m0/s1. The van der Waals surface area contributed by atoms with Crippen molar-refractivity contribution in [1.82, 2.24) is 0 Å². The highest BCUT2D eigenvalue weighted by atomic mass is 32.2. The van der Waals surface area contributed by atoms with Crippen molar-refractivity contribution in [3.63, 3.8) is 0 Å². The van der Waals surface area contributed by atoms with Crippen LogP contribution in [0.15, 0.2) is 48.5 Å². The molecule has 184 valence electrons. The molecule has 0 amide bonds. The highest BCUT2D eigenvalue weighted by molar-refractivity contribution is 7.92. The van der Waals surface area contributed by atoms with Crippen molar-refractivity contribution in [2.45, 2.75) is 59.8 Å². The lowest BCUT2D eigenvalue weighted by molar-refractivity contribution is -0.160. The smallest absolute Gasteiger partial charge is 0.337 e. The number of rotatable bonds is 5. The van der Waals surface area contributed by atoms with Gasteiger partial charge in [0.05, 0.1) is 29.2 Å². The molecule has 5 nitrogen and oxygen atoms in total. The summed E-state index contributed by atoms with van der Waals surface area (Å²) in [5.74, 6) is -1.05. The van der Waals surface area contributed by atoms with E-state index < -0.39 is 29.0 Å². The van der Waals surface area contributed by atoms with Gasteiger partial charge in [-0.15, -0.1) is 0 Å². The lowest BCUT2D eigenvalue weighted by Crippen LogP contribution is -2.34. The van der Waals surface area contributed by atoms with E-state index in [-0.39, 0.29) is 0 Å². The van der Waals surface area contributed by atoms with Crippen LogP contribution in [0.5, 0.6) is 0 Å². The van der Waals surface area contributed by atoms with Crippen molar-refractivity contribution in [3.8, 4) is 22.3 Å². The number of nitrogens with zero attached hydrogens (tertiary/aromatic N) is 1. The molecule has 0 aliphatic carbocycles. The Morgan fingerprint density at radius 2 is 1.66 bits per heavy atom. The topological polar surface area (TPSA) is 72.8 Å². The summed E-state index contributed by atoms with van der Waals surface area (Å²) in [4.78, 5) is 12.7. The van der Waals surface area contributed by atoms with E-state index in [0.717, 1.165) is 50.2 Å². The molecule has 1 unspecified atom stereocenters. The molecule has 3 aromatic rings. The number of benzene rings is 3. The first-order chi connectivity index (χ1) is 16.4. The van der Waals surface area contributed by atoms with E-state index in [1.807, 2.05) is 82.2 Å². The maximum Gasteiger partial charge on any atom is 0.337 e. The van der Waals surface area contributed by atoms with E-state index in [1.54, 1.807) is 6.26 Å². The fraction of sp³-hybridized carbons (Fsp3) is 0.345. The summed E-state index contributed by atoms with van der Waals surface area (Å²) in [6.45, 7) is 12.1. The minimum Gasteiger partial charge on any atom is -0.593 e. The maximum atomic E-state index is 13.0. The fourth-order valence-electron chi connectivity index (χ4n) is 5.01. The molecule has 0 saturated carbocycles. The van der Waals surface area contributed by atoms with Gasteiger partial charge in [-0.3, -0.25) is 0 Å². The predicted molar refractivity (Wildman–Crippen MR) is 143 cm³/mol. The number of hydrogen-bond acceptors (Lipinski definition) is 4. The first-order valence-electron chi connectivity index (χ1n) is 11.7. The third-order valence-corrected chi connectivity index (χ3v) is 7.41. The number of hydrogen-bond donors (Lipinski definition) is 1. The maximum absolute atomic E-state index is 13.0. The Kier molecular flexibility index (Phi) is 6.75. The lowest BCUT2D eigenvalue weighted by Gasteiger charge is -2.37. The third-order valence-electron chi connectivity index (χ3n) is 6.47. The normalized spacial score (nSPS) is 14.8. The number of carbonyl (C=O) groups is 1. The zero-order valence-corrected chi connectivity index (χ0v) is 22.2. The van der Waals surface area contributed by atoms with Crippen LogP contribution in [0, 0.1) is 20.8 Å². The number of aliphatic carboxylic acids is 1. The Morgan fingerprint density at radius 1 is 1.03 bits per heavy atom. The molecule has 3 aromatic carbocycles. The Morgan fingerprint density at radius 3 is 2.23 bits per heavy atom. The molecule has 4 rings (SSSR count). The summed E-state index contributed by atoms with van der Waals surface area (Å²) < 4.78 is 21.0. The minimum atomic E-state index is -1.30. The molecule has 0 radical (unpaired) electrons. The SMILES string of the molecule is Cc1ccc(-c2c(C)c3c(c(C)c2[C@H](OC(C)(C)C)C(=O)O)N([S+](C)[O-])Cc2ccccc2-3)cc1. The number of carboxylic acid groups (broad SMARTS) is 1. The van der Waals surface area contributed by atoms with Crippen LogP contribution < -0.4 is 4.31 Å². The van der Waals surface area contributed by atoms with Gasteiger partial charge in [-0.25, -0.2) is 4.79 Å². The van der Waals surface area contributed by atoms with E-state index in [0.29, 0.717) is 12.1 Å². The molecule has 35 heavy (non-hydrogen) atoms. The summed E-state index contributed by atoms with van der Waals surface area (Å²) in [7, 11) is 0. The van der Waals surface area contributed by atoms with Gasteiger partial charge in [0.15, 0.2) is 6.10 Å². The van der Waals surface area contributed by atoms with Crippen LogP contribution in [0.4, 0.5) is 5.69 Å². The quantitative estimate of drug-likeness (QED) is 0.413. The second-order valence-corrected chi connectivity index (χ2v) is 11.5. The van der Waals surface area contributed by atoms with E-state index in [2.05, 4.69) is 12.1 Å². The van der Waals surface area contributed by atoms with Gasteiger partial charge in [0.25, 0.3) is 0 Å². The third kappa shape index (κ3) is 4.70. The van der Waals surface area contributed by atoms with Crippen molar-refractivity contribution < 1.29 is 19.2 Å². The summed E-state index contributed by atoms with van der Waals surface area (Å²) in [6, 6.07) is 16.3. The summed E-state index contributed by atoms with van der Waals surface area (Å²) >= 11 is -1.30. The highest BCUT2D eigenvalue weighted by Gasteiger charge is 2.38. The second kappa shape index (κ2) is 9.34. The fourth-order valence-corrected chi connectivity index (χ4v) is 5.82. The zero-order valence-electron chi connectivity index (χ0n) is 21.4. The number of fused-ring (bicyclic) bond motifs is 3. The average Bonchev–Trinajstić information content (AvgIpc) is 2.78. The van der Waals surface area contributed by atoms with Gasteiger partial charge in [-0.1, -0.05) is 54.1 Å². The Hall–Kier alpha value is -2.80. The largest absolute Gasteiger partial charge is 0.593 e. The van der Waals surface area contributed by atoms with Gasteiger partial charge in [0.2, 0.25) is 0 Å². The molecule has 0 aromatic heterocycles. The van der Waals surface area contributed by atoms with Crippen LogP contribution in [-0.4, -0.2) is 27.5 Å². The van der Waals surface area contributed by atoms with Crippen molar-refractivity contribution in [2.75, 3.05) is 10.6 Å². The number of anilines is 1. The van der Waals surface area contributed by atoms with Crippen LogP contribution in [0.25, 0.3) is 22.3 Å². The van der Waals surface area contributed by atoms with Crippen molar-refractivity contribution in [3.05, 3.63) is 76.3 Å². The number of aryl methyl sites for hydroxylation is 1. The van der Waals surface area contributed by atoms with Gasteiger partial charge in [0, 0.05) is 11.1 Å². The van der Waals surface area contributed by atoms with E-state index in [9.17, 15) is 14.5 Å². The van der Waals surface area contributed by atoms with Crippen molar-refractivity contribution in [2.24, 2.45) is 0 Å². The van der Waals surface area contributed by atoms with E-state index in [1.165, 1.54) is 0 Å². The van der Waals surface area contributed by atoms with Gasteiger partial charge in [-0.2, -0.15) is 4.31 Å². The molecule has 6 heteroatoms. The Balaban J connectivity index is 2.16. The molecule has 1 N–H and O–H groups in total. The molecule has 1 aliphatic rings. The average molecular weight is 492 g/mol. The lowest BCUT2D eigenvalue weighted by atomic mass is 9.80. The van der Waals surface area contributed by atoms with Gasteiger partial charge in [-0.05, 0) is 74.9 Å². The van der Waals surface area contributed by atoms with Gasteiger partial charge >= 0.3 is 5.97 Å². The molecule has 0 spiro atoms. The number of carboxylic acids is 1. The Bertz CT molecular complexity index is 1280. The van der Waals surface area contributed by atoms with E-state index in [4.69, 9.17) is 4.74 Å². The summed E-state index contributed by atoms with van der Waals surface area (Å²) in [5, 5.41) is 10.4. The number of ether oxygens (including phenoxy) is 1. The molecule has 1 aliphatic heterocycles. The van der Waals surface area contributed by atoms with Gasteiger partial charge in [0.1, 0.15) is 6.26 Å². The molecule has 0 saturated heterocycles. The molecule has 0 fully saturated rings. The van der Waals surface area contributed by atoms with Crippen LogP contribution in [-0.2, 0) is 27.4 Å². The summed E-state index contributed by atoms with van der Waals surface area (Å²) in [6.07, 6.45) is 0.486. The highest BCUT2D eigenvalue weighted by Crippen LogP contribution is 2.51. The van der Waals surface area contributed by atoms with Gasteiger partial charge < -0.3 is 14.4 Å². The van der Waals surface area contributed by atoms with Crippen molar-refractivity contribution >= 4 is 23.0 Å². The van der Waals surface area contributed by atoms with Crippen LogP contribution in [0.3, 0.4) is 0 Å². The second-order valence-electron chi connectivity index (χ2n) is 10.2. The van der Waals surface area contributed by atoms with Crippen LogP contribution in [0.1, 0.15) is 54.7 Å². The first kappa shape index (κ1) is 25.3. The minimum absolute atomic E-state index is 0.494. The van der Waals surface area contributed by atoms with Crippen molar-refractivity contribution in [1.29, 1.82) is 0 Å². The zero-order chi connectivity index (χ0) is 25.7. The van der Waals surface area contributed by atoms with Crippen LogP contribution >= 0.6 is 0 Å². The molecular weight excluding hydrogens is 458 g/mol. The van der Waals surface area contributed by atoms with Crippen LogP contribution in [0.2, 0.25) is 0 Å². The molecule has 0 bridgehead atoms. The first-order valence-corrected chi connectivity index (χ1v) is 13.3. The van der Waals surface area contributed by atoms with E-state index >= 15 is 0 Å². The monoisotopic (exact) mass is 491 g/mol. The molecule has 2 atom stereocenters. The predicted octanol–water partition coefficient (Wildman–Crippen LogP) is 6.50. The molecule has 1 heterocycles.